The largest absolute Gasteiger partial charge is 0.468 e. The van der Waals surface area contributed by atoms with Gasteiger partial charge in [0.2, 0.25) is 5.88 Å². The van der Waals surface area contributed by atoms with Gasteiger partial charge in [0.1, 0.15) is 0 Å². The average molecular weight is 382 g/mol. The zero-order valence-electron chi connectivity index (χ0n) is 15.0. The van der Waals surface area contributed by atoms with Crippen LogP contribution in [0.25, 0.3) is 0 Å². The Morgan fingerprint density at radius 2 is 1.89 bits per heavy atom. The second kappa shape index (κ2) is 9.36. The Labute approximate surface area is 155 Å². The number of carbonyl (C=O) groups is 1. The quantitative estimate of drug-likeness (QED) is 0.748. The molecule has 2 rings (SSSR count). The molecule has 0 fully saturated rings. The van der Waals surface area contributed by atoms with Gasteiger partial charge in [0.15, 0.2) is 6.61 Å². The molecule has 0 aliphatic rings. The maximum atomic E-state index is 12.1. The summed E-state index contributed by atoms with van der Waals surface area (Å²) in [7, 11) is 0. The van der Waals surface area contributed by atoms with Gasteiger partial charge in [-0.25, -0.2) is 4.98 Å². The summed E-state index contributed by atoms with van der Waals surface area (Å²) in [5, 5.41) is 2.73. The standard InChI is InChI=1S/C19H21F3N2O3/c1-3-26-13(2)15-6-4-14(5-7-15)10-24-18(25)16-8-9-17(23-11-16)27-12-19(20,21)22/h4-9,11,13H,3,10,12H2,1-2H3,(H,24,25). The molecule has 0 bridgehead atoms. The van der Waals surface area contributed by atoms with Crippen molar-refractivity contribution in [3.63, 3.8) is 0 Å². The van der Waals surface area contributed by atoms with Crippen LogP contribution in [-0.2, 0) is 11.3 Å². The number of alkyl halides is 3. The molecule has 8 heteroatoms. The van der Waals surface area contributed by atoms with Gasteiger partial charge in [-0.15, -0.1) is 0 Å². The van der Waals surface area contributed by atoms with Crippen LogP contribution in [0.3, 0.4) is 0 Å². The third-order valence-corrected chi connectivity index (χ3v) is 3.70. The Bertz CT molecular complexity index is 731. The SMILES string of the molecule is CCOC(C)c1ccc(CNC(=O)c2ccc(OCC(F)(F)F)nc2)cc1. The highest BCUT2D eigenvalue weighted by molar-refractivity contribution is 5.93. The highest BCUT2D eigenvalue weighted by Gasteiger charge is 2.28. The van der Waals surface area contributed by atoms with Crippen LogP contribution in [0.5, 0.6) is 5.88 Å². The molecule has 0 aliphatic carbocycles. The van der Waals surface area contributed by atoms with E-state index in [1.54, 1.807) is 0 Å². The summed E-state index contributed by atoms with van der Waals surface area (Å²) in [6.07, 6.45) is -3.26. The predicted molar refractivity (Wildman–Crippen MR) is 93.4 cm³/mol. The molecule has 1 N–H and O–H groups in total. The minimum absolute atomic E-state index is 0.00259. The summed E-state index contributed by atoms with van der Waals surface area (Å²) in [4.78, 5) is 15.8. The molecule has 146 valence electrons. The van der Waals surface area contributed by atoms with Gasteiger partial charge in [-0.05, 0) is 31.0 Å². The van der Waals surface area contributed by atoms with Gasteiger partial charge in [0.05, 0.1) is 11.7 Å². The lowest BCUT2D eigenvalue weighted by molar-refractivity contribution is -0.154. The molecule has 0 spiro atoms. The molecule has 1 atom stereocenters. The molecule has 1 unspecified atom stereocenters. The Hall–Kier alpha value is -2.61. The Morgan fingerprint density at radius 1 is 1.19 bits per heavy atom. The summed E-state index contributed by atoms with van der Waals surface area (Å²) in [6.45, 7) is 3.42. The highest BCUT2D eigenvalue weighted by Crippen LogP contribution is 2.18. The van der Waals surface area contributed by atoms with Crippen molar-refractivity contribution in [2.24, 2.45) is 0 Å². The fourth-order valence-electron chi connectivity index (χ4n) is 2.29. The molecule has 27 heavy (non-hydrogen) atoms. The van der Waals surface area contributed by atoms with E-state index in [0.29, 0.717) is 13.2 Å². The smallest absolute Gasteiger partial charge is 0.422 e. The van der Waals surface area contributed by atoms with Gasteiger partial charge in [0.25, 0.3) is 5.91 Å². The fraction of sp³-hybridized carbons (Fsp3) is 0.368. The topological polar surface area (TPSA) is 60.5 Å². The number of carbonyl (C=O) groups excluding carboxylic acids is 1. The lowest BCUT2D eigenvalue weighted by Crippen LogP contribution is -2.23. The molecular weight excluding hydrogens is 361 g/mol. The highest BCUT2D eigenvalue weighted by atomic mass is 19.4. The summed E-state index contributed by atoms with van der Waals surface area (Å²) < 4.78 is 46.3. The van der Waals surface area contributed by atoms with E-state index in [1.165, 1.54) is 18.3 Å². The first-order valence-electron chi connectivity index (χ1n) is 8.42. The molecule has 1 aromatic heterocycles. The van der Waals surface area contributed by atoms with Gasteiger partial charge in [-0.1, -0.05) is 24.3 Å². The molecular formula is C19H21F3N2O3. The maximum Gasteiger partial charge on any atom is 0.422 e. The van der Waals surface area contributed by atoms with E-state index in [-0.39, 0.29) is 23.5 Å². The van der Waals surface area contributed by atoms with E-state index in [4.69, 9.17) is 4.74 Å². The monoisotopic (exact) mass is 382 g/mol. The summed E-state index contributed by atoms with van der Waals surface area (Å²) in [5.74, 6) is -0.570. The number of rotatable bonds is 8. The third kappa shape index (κ3) is 6.90. The van der Waals surface area contributed by atoms with Gasteiger partial charge >= 0.3 is 6.18 Å². The molecule has 1 aromatic carbocycles. The summed E-state index contributed by atoms with van der Waals surface area (Å²) in [6, 6.07) is 10.3. The van der Waals surface area contributed by atoms with E-state index in [9.17, 15) is 18.0 Å². The number of ether oxygens (including phenoxy) is 2. The van der Waals surface area contributed by atoms with Crippen LogP contribution < -0.4 is 10.1 Å². The van der Waals surface area contributed by atoms with E-state index in [1.807, 2.05) is 38.1 Å². The average Bonchev–Trinajstić information content (AvgIpc) is 2.65. The van der Waals surface area contributed by atoms with Crippen molar-refractivity contribution >= 4 is 5.91 Å². The van der Waals surface area contributed by atoms with Crippen molar-refractivity contribution in [1.29, 1.82) is 0 Å². The summed E-state index contributed by atoms with van der Waals surface area (Å²) in [5.41, 5.74) is 2.19. The molecule has 0 radical (unpaired) electrons. The van der Waals surface area contributed by atoms with Crippen LogP contribution >= 0.6 is 0 Å². The second-order valence-electron chi connectivity index (χ2n) is 5.81. The van der Waals surface area contributed by atoms with Crippen molar-refractivity contribution in [3.05, 3.63) is 59.3 Å². The molecule has 5 nitrogen and oxygen atoms in total. The van der Waals surface area contributed by atoms with E-state index < -0.39 is 12.8 Å². The number of amides is 1. The number of aromatic nitrogens is 1. The number of nitrogens with one attached hydrogen (secondary N) is 1. The molecule has 0 aliphatic heterocycles. The fourth-order valence-corrected chi connectivity index (χ4v) is 2.29. The maximum absolute atomic E-state index is 12.1. The molecule has 1 heterocycles. The van der Waals surface area contributed by atoms with E-state index in [2.05, 4.69) is 15.0 Å². The first kappa shape index (κ1) is 20.7. The molecule has 0 saturated carbocycles. The van der Waals surface area contributed by atoms with Gasteiger partial charge in [-0.2, -0.15) is 13.2 Å². The van der Waals surface area contributed by atoms with Crippen molar-refractivity contribution in [3.8, 4) is 5.88 Å². The Balaban J connectivity index is 1.86. The van der Waals surface area contributed by atoms with Crippen molar-refractivity contribution in [2.45, 2.75) is 32.7 Å². The molecule has 0 saturated heterocycles. The van der Waals surface area contributed by atoms with Crippen LogP contribution in [0.4, 0.5) is 13.2 Å². The second-order valence-corrected chi connectivity index (χ2v) is 5.81. The number of nitrogens with zero attached hydrogens (tertiary/aromatic N) is 1. The van der Waals surface area contributed by atoms with Crippen LogP contribution in [0.15, 0.2) is 42.6 Å². The Kier molecular flexibility index (Phi) is 7.18. The first-order chi connectivity index (χ1) is 12.8. The van der Waals surface area contributed by atoms with Crippen LogP contribution in [0.2, 0.25) is 0 Å². The lowest BCUT2D eigenvalue weighted by atomic mass is 10.1. The van der Waals surface area contributed by atoms with E-state index in [0.717, 1.165) is 11.1 Å². The zero-order chi connectivity index (χ0) is 19.9. The first-order valence-corrected chi connectivity index (χ1v) is 8.42. The zero-order valence-corrected chi connectivity index (χ0v) is 15.0. The van der Waals surface area contributed by atoms with Crippen LogP contribution in [0, 0.1) is 0 Å². The number of hydrogen-bond donors (Lipinski definition) is 1. The van der Waals surface area contributed by atoms with Gasteiger partial charge in [-0.3, -0.25) is 4.79 Å². The van der Waals surface area contributed by atoms with Crippen molar-refractivity contribution in [1.82, 2.24) is 10.3 Å². The summed E-state index contributed by atoms with van der Waals surface area (Å²) >= 11 is 0. The third-order valence-electron chi connectivity index (χ3n) is 3.70. The minimum atomic E-state index is -4.44. The lowest BCUT2D eigenvalue weighted by Gasteiger charge is -2.12. The van der Waals surface area contributed by atoms with Gasteiger partial charge in [0, 0.05) is 25.4 Å². The number of halogens is 3. The molecule has 2 aromatic rings. The molecule has 1 amide bonds. The minimum Gasteiger partial charge on any atom is -0.468 e. The van der Waals surface area contributed by atoms with E-state index >= 15 is 0 Å². The van der Waals surface area contributed by atoms with Crippen LogP contribution in [-0.4, -0.2) is 30.3 Å². The number of hydrogen-bond acceptors (Lipinski definition) is 4. The van der Waals surface area contributed by atoms with Crippen molar-refractivity contribution < 1.29 is 27.4 Å². The number of pyridine rings is 1. The van der Waals surface area contributed by atoms with Crippen molar-refractivity contribution in [2.75, 3.05) is 13.2 Å². The number of benzene rings is 1. The van der Waals surface area contributed by atoms with Crippen LogP contribution in [0.1, 0.15) is 41.4 Å². The normalized spacial score (nSPS) is 12.5. The Morgan fingerprint density at radius 3 is 2.44 bits per heavy atom. The predicted octanol–water partition coefficient (Wildman–Crippen LogP) is 4.05. The van der Waals surface area contributed by atoms with Gasteiger partial charge < -0.3 is 14.8 Å².